The summed E-state index contributed by atoms with van der Waals surface area (Å²) in [5, 5.41) is 11.9. The standard InChI is InChI=1S/C19H29N3O3/c1-13(2)7-17(9-18(23)24)20-19(25)22(4)10-14-5-6-15-11-21(3)12-16(15)8-14/h5-6,8,13,17H,7,9-12H2,1-4H3,(H,20,25)(H,23,24)/t17-/m0/s1. The minimum absolute atomic E-state index is 0.0526. The zero-order valence-electron chi connectivity index (χ0n) is 15.6. The Kier molecular flexibility index (Phi) is 6.42. The molecule has 1 heterocycles. The highest BCUT2D eigenvalue weighted by Gasteiger charge is 2.20. The predicted octanol–water partition coefficient (Wildman–Crippen LogP) is 2.66. The minimum Gasteiger partial charge on any atom is -0.481 e. The van der Waals surface area contributed by atoms with E-state index < -0.39 is 5.97 Å². The van der Waals surface area contributed by atoms with Gasteiger partial charge in [-0.1, -0.05) is 32.0 Å². The fraction of sp³-hybridized carbons (Fsp3) is 0.579. The molecule has 6 heteroatoms. The predicted molar refractivity (Wildman–Crippen MR) is 97.1 cm³/mol. The first-order valence-corrected chi connectivity index (χ1v) is 8.77. The van der Waals surface area contributed by atoms with Gasteiger partial charge in [0.25, 0.3) is 0 Å². The van der Waals surface area contributed by atoms with Crippen LogP contribution in [0.15, 0.2) is 18.2 Å². The number of benzene rings is 1. The minimum atomic E-state index is -0.892. The molecular weight excluding hydrogens is 318 g/mol. The van der Waals surface area contributed by atoms with Gasteiger partial charge in [0.05, 0.1) is 6.42 Å². The maximum absolute atomic E-state index is 12.4. The first-order chi connectivity index (χ1) is 11.7. The van der Waals surface area contributed by atoms with Crippen molar-refractivity contribution in [1.82, 2.24) is 15.1 Å². The van der Waals surface area contributed by atoms with E-state index in [9.17, 15) is 9.59 Å². The van der Waals surface area contributed by atoms with Gasteiger partial charge in [0, 0.05) is 32.7 Å². The van der Waals surface area contributed by atoms with Crippen molar-refractivity contribution in [2.45, 2.75) is 52.4 Å². The smallest absolute Gasteiger partial charge is 0.317 e. The molecule has 0 aromatic heterocycles. The van der Waals surface area contributed by atoms with Crippen molar-refractivity contribution in [3.05, 3.63) is 34.9 Å². The van der Waals surface area contributed by atoms with Crippen LogP contribution in [-0.4, -0.2) is 47.0 Å². The van der Waals surface area contributed by atoms with E-state index in [4.69, 9.17) is 5.11 Å². The topological polar surface area (TPSA) is 72.9 Å². The average Bonchev–Trinajstić information content (AvgIpc) is 2.84. The summed E-state index contributed by atoms with van der Waals surface area (Å²) in [4.78, 5) is 27.3. The number of carbonyl (C=O) groups is 2. The van der Waals surface area contributed by atoms with Crippen LogP contribution in [0.3, 0.4) is 0 Å². The molecule has 2 N–H and O–H groups in total. The van der Waals surface area contributed by atoms with E-state index >= 15 is 0 Å². The Bertz CT molecular complexity index is 630. The van der Waals surface area contributed by atoms with E-state index in [-0.39, 0.29) is 18.5 Å². The SMILES string of the molecule is CC(C)C[C@@H](CC(=O)O)NC(=O)N(C)Cc1ccc2c(c1)CN(C)C2. The van der Waals surface area contributed by atoms with E-state index in [2.05, 4.69) is 35.5 Å². The van der Waals surface area contributed by atoms with Crippen molar-refractivity contribution < 1.29 is 14.7 Å². The molecule has 0 radical (unpaired) electrons. The molecule has 138 valence electrons. The summed E-state index contributed by atoms with van der Waals surface area (Å²) in [5.74, 6) is -0.569. The Labute approximate surface area is 149 Å². The number of rotatable bonds is 7. The lowest BCUT2D eigenvalue weighted by Gasteiger charge is -2.24. The van der Waals surface area contributed by atoms with Crippen LogP contribution in [0.1, 0.15) is 43.4 Å². The number of hydrogen-bond acceptors (Lipinski definition) is 3. The van der Waals surface area contributed by atoms with E-state index in [0.717, 1.165) is 18.7 Å². The summed E-state index contributed by atoms with van der Waals surface area (Å²) in [5.41, 5.74) is 3.75. The Morgan fingerprint density at radius 1 is 1.28 bits per heavy atom. The fourth-order valence-corrected chi connectivity index (χ4v) is 3.32. The molecule has 2 amide bonds. The summed E-state index contributed by atoms with van der Waals surface area (Å²) in [6.45, 7) is 6.45. The quantitative estimate of drug-likeness (QED) is 0.795. The maximum atomic E-state index is 12.4. The van der Waals surface area contributed by atoms with Crippen molar-refractivity contribution in [1.29, 1.82) is 0 Å². The molecule has 0 saturated heterocycles. The molecule has 0 spiro atoms. The van der Waals surface area contributed by atoms with Gasteiger partial charge in [-0.15, -0.1) is 0 Å². The largest absolute Gasteiger partial charge is 0.481 e. The Balaban J connectivity index is 1.95. The Morgan fingerprint density at radius 3 is 2.60 bits per heavy atom. The normalized spacial score (nSPS) is 15.1. The van der Waals surface area contributed by atoms with Gasteiger partial charge in [-0.25, -0.2) is 4.79 Å². The van der Waals surface area contributed by atoms with Crippen LogP contribution in [0.4, 0.5) is 4.79 Å². The van der Waals surface area contributed by atoms with Crippen molar-refractivity contribution in [2.24, 2.45) is 5.92 Å². The summed E-state index contributed by atoms with van der Waals surface area (Å²) in [6.07, 6.45) is 0.597. The number of carboxylic acid groups (broad SMARTS) is 1. The van der Waals surface area contributed by atoms with Crippen LogP contribution in [0, 0.1) is 5.92 Å². The number of nitrogens with one attached hydrogen (secondary N) is 1. The molecule has 1 aliphatic rings. The molecule has 1 aromatic carbocycles. The van der Waals surface area contributed by atoms with Gasteiger partial charge in [-0.2, -0.15) is 0 Å². The van der Waals surface area contributed by atoms with Crippen LogP contribution in [0.2, 0.25) is 0 Å². The van der Waals surface area contributed by atoms with Crippen LogP contribution in [0.25, 0.3) is 0 Å². The second-order valence-electron chi connectivity index (χ2n) is 7.51. The highest BCUT2D eigenvalue weighted by molar-refractivity contribution is 5.75. The van der Waals surface area contributed by atoms with Crippen LogP contribution >= 0.6 is 0 Å². The van der Waals surface area contributed by atoms with Crippen molar-refractivity contribution in [2.75, 3.05) is 14.1 Å². The maximum Gasteiger partial charge on any atom is 0.317 e. The third-order valence-electron chi connectivity index (χ3n) is 4.42. The Morgan fingerprint density at radius 2 is 1.96 bits per heavy atom. The van der Waals surface area contributed by atoms with Gasteiger partial charge in [0.15, 0.2) is 0 Å². The second kappa shape index (κ2) is 8.34. The van der Waals surface area contributed by atoms with Gasteiger partial charge in [0.1, 0.15) is 0 Å². The van der Waals surface area contributed by atoms with Crippen LogP contribution in [0.5, 0.6) is 0 Å². The lowest BCUT2D eigenvalue weighted by Crippen LogP contribution is -2.44. The molecule has 6 nitrogen and oxygen atoms in total. The van der Waals surface area contributed by atoms with Crippen LogP contribution in [-0.2, 0) is 24.4 Å². The lowest BCUT2D eigenvalue weighted by molar-refractivity contribution is -0.137. The van der Waals surface area contributed by atoms with E-state index in [1.54, 1.807) is 11.9 Å². The molecule has 1 atom stereocenters. The molecule has 0 unspecified atom stereocenters. The molecule has 25 heavy (non-hydrogen) atoms. The third kappa shape index (κ3) is 5.74. The number of aliphatic carboxylic acids is 1. The number of nitrogens with zero attached hydrogens (tertiary/aromatic N) is 2. The third-order valence-corrected chi connectivity index (χ3v) is 4.42. The number of hydrogen-bond donors (Lipinski definition) is 2. The molecule has 0 bridgehead atoms. The number of amides is 2. The lowest BCUT2D eigenvalue weighted by atomic mass is 10.0. The average molecular weight is 347 g/mol. The highest BCUT2D eigenvalue weighted by Crippen LogP contribution is 2.22. The van der Waals surface area contributed by atoms with Gasteiger partial charge < -0.3 is 15.3 Å². The van der Waals surface area contributed by atoms with Crippen LogP contribution < -0.4 is 5.32 Å². The fourth-order valence-electron chi connectivity index (χ4n) is 3.32. The molecule has 0 fully saturated rings. The molecule has 1 aromatic rings. The van der Waals surface area contributed by atoms with Gasteiger partial charge in [0.2, 0.25) is 0 Å². The first kappa shape index (κ1) is 19.2. The zero-order valence-corrected chi connectivity index (χ0v) is 15.6. The monoisotopic (exact) mass is 347 g/mol. The summed E-state index contributed by atoms with van der Waals surface area (Å²) >= 11 is 0. The molecule has 2 rings (SSSR count). The number of carbonyl (C=O) groups excluding carboxylic acids is 1. The number of urea groups is 1. The zero-order chi connectivity index (χ0) is 18.6. The molecule has 0 saturated carbocycles. The highest BCUT2D eigenvalue weighted by atomic mass is 16.4. The number of carboxylic acids is 1. The van der Waals surface area contributed by atoms with Crippen molar-refractivity contribution in [3.8, 4) is 0 Å². The molecule has 1 aliphatic heterocycles. The van der Waals surface area contributed by atoms with E-state index in [1.807, 2.05) is 13.8 Å². The summed E-state index contributed by atoms with van der Waals surface area (Å²) in [6, 6.07) is 5.77. The van der Waals surface area contributed by atoms with E-state index in [0.29, 0.717) is 18.9 Å². The Hall–Kier alpha value is -2.08. The van der Waals surface area contributed by atoms with Gasteiger partial charge in [-0.3, -0.25) is 9.69 Å². The molecular formula is C19H29N3O3. The van der Waals surface area contributed by atoms with Crippen molar-refractivity contribution >= 4 is 12.0 Å². The second-order valence-corrected chi connectivity index (χ2v) is 7.51. The van der Waals surface area contributed by atoms with E-state index in [1.165, 1.54) is 11.1 Å². The molecule has 0 aliphatic carbocycles. The van der Waals surface area contributed by atoms with Gasteiger partial charge in [-0.05, 0) is 36.1 Å². The number of fused-ring (bicyclic) bond motifs is 1. The first-order valence-electron chi connectivity index (χ1n) is 8.77. The van der Waals surface area contributed by atoms with Gasteiger partial charge >= 0.3 is 12.0 Å². The summed E-state index contributed by atoms with van der Waals surface area (Å²) < 4.78 is 0. The van der Waals surface area contributed by atoms with Crippen molar-refractivity contribution in [3.63, 3.8) is 0 Å². The summed E-state index contributed by atoms with van der Waals surface area (Å²) in [7, 11) is 3.83.